The second-order valence-corrected chi connectivity index (χ2v) is 8.51. The molecule has 1 rings (SSSR count). The molecule has 0 saturated heterocycles. The molecule has 1 saturated carbocycles. The number of esters is 1. The monoisotopic (exact) mass is 332 g/mol. The van der Waals surface area contributed by atoms with E-state index in [9.17, 15) is 4.79 Å². The molecule has 0 atom stereocenters. The minimum atomic E-state index is -2.63. The number of carbonyl (C=O) groups excluding carboxylic acids is 1. The van der Waals surface area contributed by atoms with Gasteiger partial charge in [-0.05, 0) is 38.5 Å². The highest BCUT2D eigenvalue weighted by Gasteiger charge is 2.40. The van der Waals surface area contributed by atoms with Crippen molar-refractivity contribution in [2.45, 2.75) is 65.3 Å². The van der Waals surface area contributed by atoms with Gasteiger partial charge in [0.15, 0.2) is 0 Å². The lowest BCUT2D eigenvalue weighted by molar-refractivity contribution is -0.145. The van der Waals surface area contributed by atoms with E-state index in [-0.39, 0.29) is 11.9 Å². The quantitative estimate of drug-likeness (QED) is 0.277. The van der Waals surface area contributed by atoms with Crippen LogP contribution in [0.25, 0.3) is 0 Å². The van der Waals surface area contributed by atoms with Crippen molar-refractivity contribution in [3.63, 3.8) is 0 Å². The summed E-state index contributed by atoms with van der Waals surface area (Å²) < 4.78 is 23.3. The number of hydrogen-bond acceptors (Lipinski definition) is 5. The van der Waals surface area contributed by atoms with Gasteiger partial charge in [-0.25, -0.2) is 0 Å². The lowest BCUT2D eigenvalue weighted by Crippen LogP contribution is -2.46. The molecule has 0 bridgehead atoms. The van der Waals surface area contributed by atoms with E-state index >= 15 is 0 Å². The number of rotatable bonds is 14. The maximum Gasteiger partial charge on any atom is 0.501 e. The van der Waals surface area contributed by atoms with Crippen LogP contribution in [0.4, 0.5) is 0 Å². The molecule has 0 aromatic carbocycles. The molecule has 0 amide bonds. The van der Waals surface area contributed by atoms with Crippen LogP contribution in [-0.2, 0) is 22.8 Å². The largest absolute Gasteiger partial charge is 0.501 e. The second kappa shape index (κ2) is 11.2. The Morgan fingerprint density at radius 3 is 1.82 bits per heavy atom. The topological polar surface area (TPSA) is 54.0 Å². The van der Waals surface area contributed by atoms with E-state index < -0.39 is 8.80 Å². The Kier molecular flexibility index (Phi) is 9.95. The van der Waals surface area contributed by atoms with Crippen LogP contribution in [0.5, 0.6) is 0 Å². The molecule has 6 heteroatoms. The Balaban J connectivity index is 2.42. The Morgan fingerprint density at radius 1 is 0.909 bits per heavy atom. The maximum absolute atomic E-state index is 11.5. The molecule has 5 nitrogen and oxygen atoms in total. The molecule has 1 aliphatic rings. The zero-order valence-corrected chi connectivity index (χ0v) is 15.4. The lowest BCUT2D eigenvalue weighted by atomic mass is 10.4. The summed E-state index contributed by atoms with van der Waals surface area (Å²) in [5.74, 6) is 0.108. The summed E-state index contributed by atoms with van der Waals surface area (Å²) in [5.41, 5.74) is 0. The van der Waals surface area contributed by atoms with Crippen LogP contribution in [0.15, 0.2) is 0 Å². The summed E-state index contributed by atoms with van der Waals surface area (Å²) in [4.78, 5) is 11.5. The highest BCUT2D eigenvalue weighted by Crippen LogP contribution is 2.30. The van der Waals surface area contributed by atoms with Crippen molar-refractivity contribution < 1.29 is 22.8 Å². The second-order valence-electron chi connectivity index (χ2n) is 5.77. The summed E-state index contributed by atoms with van der Waals surface area (Å²) in [6.45, 7) is 8.64. The molecule has 0 spiro atoms. The van der Waals surface area contributed by atoms with Crippen molar-refractivity contribution in [3.05, 3.63) is 0 Å². The molecule has 0 unspecified atom stereocenters. The van der Waals surface area contributed by atoms with Crippen LogP contribution in [0, 0.1) is 5.92 Å². The summed E-state index contributed by atoms with van der Waals surface area (Å²) in [7, 11) is -2.63. The summed E-state index contributed by atoms with van der Waals surface area (Å²) in [5, 5.41) is 0. The van der Waals surface area contributed by atoms with Crippen molar-refractivity contribution in [1.82, 2.24) is 0 Å². The Morgan fingerprint density at radius 2 is 1.41 bits per heavy atom. The van der Waals surface area contributed by atoms with Gasteiger partial charge in [0.1, 0.15) is 0 Å². The van der Waals surface area contributed by atoms with Gasteiger partial charge in [-0.2, -0.15) is 0 Å². The first-order chi connectivity index (χ1) is 10.7. The molecule has 0 aromatic heterocycles. The third-order valence-electron chi connectivity index (χ3n) is 3.36. The normalized spacial score (nSPS) is 15.0. The van der Waals surface area contributed by atoms with Gasteiger partial charge in [0.05, 0.1) is 12.5 Å². The molecular weight excluding hydrogens is 300 g/mol. The van der Waals surface area contributed by atoms with Gasteiger partial charge < -0.3 is 18.0 Å². The fraction of sp³-hybridized carbons (Fsp3) is 0.938. The number of carbonyl (C=O) groups is 1. The van der Waals surface area contributed by atoms with Gasteiger partial charge in [0.2, 0.25) is 0 Å². The van der Waals surface area contributed by atoms with E-state index in [1.807, 2.05) is 0 Å². The summed E-state index contributed by atoms with van der Waals surface area (Å²) in [6.07, 6.45) is 5.53. The van der Waals surface area contributed by atoms with Crippen LogP contribution in [0.1, 0.15) is 59.3 Å². The third kappa shape index (κ3) is 7.72. The molecule has 0 aliphatic heterocycles. The first-order valence-corrected chi connectivity index (χ1v) is 10.7. The van der Waals surface area contributed by atoms with Crippen molar-refractivity contribution >= 4 is 14.8 Å². The van der Waals surface area contributed by atoms with Gasteiger partial charge in [0.25, 0.3) is 0 Å². The molecule has 22 heavy (non-hydrogen) atoms. The van der Waals surface area contributed by atoms with Crippen LogP contribution < -0.4 is 0 Å². The highest BCUT2D eigenvalue weighted by atomic mass is 28.4. The average Bonchev–Trinajstić information content (AvgIpc) is 3.37. The molecule has 0 N–H and O–H groups in total. The Hall–Kier alpha value is -0.433. The van der Waals surface area contributed by atoms with E-state index in [2.05, 4.69) is 20.8 Å². The molecular formula is C16H32O5Si. The van der Waals surface area contributed by atoms with Gasteiger partial charge in [-0.15, -0.1) is 0 Å². The standard InChI is InChI=1S/C16H32O5Si/c1-4-10-19-22(20-11-5-2,21-12-6-3)14-7-13-18-16(17)15-8-9-15/h15H,4-14H2,1-3H3. The summed E-state index contributed by atoms with van der Waals surface area (Å²) >= 11 is 0. The Bertz CT molecular complexity index is 285. The summed E-state index contributed by atoms with van der Waals surface area (Å²) in [6, 6.07) is 0.713. The lowest BCUT2D eigenvalue weighted by Gasteiger charge is -2.29. The number of ether oxygens (including phenoxy) is 1. The molecule has 0 radical (unpaired) electrons. The van der Waals surface area contributed by atoms with Gasteiger partial charge in [0, 0.05) is 25.9 Å². The van der Waals surface area contributed by atoms with Crippen molar-refractivity contribution in [3.8, 4) is 0 Å². The minimum absolute atomic E-state index is 0.0503. The van der Waals surface area contributed by atoms with E-state index in [0.29, 0.717) is 32.5 Å². The number of hydrogen-bond donors (Lipinski definition) is 0. The SMILES string of the molecule is CCCO[Si](CCCOC(=O)C1CC1)(OCCC)OCCC. The Labute approximate surface area is 136 Å². The predicted octanol–water partition coefficient (Wildman–Crippen LogP) is 3.55. The van der Waals surface area contributed by atoms with E-state index in [0.717, 1.165) is 38.5 Å². The fourth-order valence-electron chi connectivity index (χ4n) is 2.01. The van der Waals surface area contributed by atoms with Gasteiger partial charge in [-0.1, -0.05) is 20.8 Å². The van der Waals surface area contributed by atoms with Gasteiger partial charge >= 0.3 is 14.8 Å². The maximum atomic E-state index is 11.5. The van der Waals surface area contributed by atoms with Crippen LogP contribution >= 0.6 is 0 Å². The molecule has 1 aliphatic carbocycles. The zero-order valence-electron chi connectivity index (χ0n) is 14.4. The van der Waals surface area contributed by atoms with Crippen molar-refractivity contribution in [1.29, 1.82) is 0 Å². The predicted molar refractivity (Wildman–Crippen MR) is 87.6 cm³/mol. The van der Waals surface area contributed by atoms with Crippen molar-refractivity contribution in [2.75, 3.05) is 26.4 Å². The van der Waals surface area contributed by atoms with E-state index in [1.165, 1.54) is 0 Å². The van der Waals surface area contributed by atoms with E-state index in [1.54, 1.807) is 0 Å². The minimum Gasteiger partial charge on any atom is -0.465 e. The van der Waals surface area contributed by atoms with Crippen LogP contribution in [0.3, 0.4) is 0 Å². The molecule has 0 aromatic rings. The third-order valence-corrected chi connectivity index (χ3v) is 6.26. The first kappa shape index (κ1) is 19.6. The van der Waals surface area contributed by atoms with E-state index in [4.69, 9.17) is 18.0 Å². The average molecular weight is 333 g/mol. The highest BCUT2D eigenvalue weighted by molar-refractivity contribution is 6.60. The van der Waals surface area contributed by atoms with Crippen LogP contribution in [0.2, 0.25) is 6.04 Å². The van der Waals surface area contributed by atoms with Crippen molar-refractivity contribution in [2.24, 2.45) is 5.92 Å². The zero-order chi connectivity index (χ0) is 16.3. The molecule has 130 valence electrons. The van der Waals surface area contributed by atoms with Gasteiger partial charge in [-0.3, -0.25) is 4.79 Å². The van der Waals surface area contributed by atoms with Crippen LogP contribution in [-0.4, -0.2) is 41.2 Å². The smallest absolute Gasteiger partial charge is 0.465 e. The first-order valence-electron chi connectivity index (χ1n) is 8.76. The fourth-order valence-corrected chi connectivity index (χ4v) is 4.82. The molecule has 0 heterocycles. The molecule has 1 fully saturated rings.